The summed E-state index contributed by atoms with van der Waals surface area (Å²) >= 11 is 0. The smallest absolute Gasteiger partial charge is 0.244 e. The summed E-state index contributed by atoms with van der Waals surface area (Å²) in [6.45, 7) is 1.96. The van der Waals surface area contributed by atoms with Crippen LogP contribution in [0, 0.1) is 5.82 Å². The minimum Gasteiger partial charge on any atom is -0.486 e. The van der Waals surface area contributed by atoms with Crippen molar-refractivity contribution in [3.63, 3.8) is 0 Å². The number of para-hydroxylation sites is 1. The molecule has 0 saturated carbocycles. The van der Waals surface area contributed by atoms with E-state index in [1.807, 2.05) is 11.0 Å². The standard InChI is InChI=1S/C19H21FN2O4S/c20-14-4-1-6-16(12-14)22-9-3-5-15(13-22)21-27(23,24)18-8-2-7-17-19(18)26-11-10-25-17/h1-2,4,6-8,12,15,21H,3,5,9-11,13H2/t15-/m1/s1. The fourth-order valence-electron chi connectivity index (χ4n) is 3.52. The lowest BCUT2D eigenvalue weighted by Crippen LogP contribution is -2.47. The van der Waals surface area contributed by atoms with Gasteiger partial charge in [0.05, 0.1) is 0 Å². The summed E-state index contributed by atoms with van der Waals surface area (Å²) in [6.07, 6.45) is 1.54. The number of rotatable bonds is 4. The highest BCUT2D eigenvalue weighted by Gasteiger charge is 2.29. The average Bonchev–Trinajstić information content (AvgIpc) is 2.67. The fraction of sp³-hybridized carbons (Fsp3) is 0.368. The van der Waals surface area contributed by atoms with Crippen LogP contribution in [-0.4, -0.2) is 40.8 Å². The van der Waals surface area contributed by atoms with E-state index in [9.17, 15) is 12.8 Å². The molecule has 27 heavy (non-hydrogen) atoms. The van der Waals surface area contributed by atoms with Gasteiger partial charge in [0.25, 0.3) is 0 Å². The van der Waals surface area contributed by atoms with E-state index in [2.05, 4.69) is 4.72 Å². The van der Waals surface area contributed by atoms with Gasteiger partial charge in [0.2, 0.25) is 10.0 Å². The average molecular weight is 392 g/mol. The summed E-state index contributed by atoms with van der Waals surface area (Å²) in [5.74, 6) is 0.395. The molecule has 0 bridgehead atoms. The zero-order valence-electron chi connectivity index (χ0n) is 14.7. The first kappa shape index (κ1) is 18.1. The topological polar surface area (TPSA) is 67.9 Å². The highest BCUT2D eigenvalue weighted by Crippen LogP contribution is 2.36. The molecule has 6 nitrogen and oxygen atoms in total. The third-order valence-electron chi connectivity index (χ3n) is 4.74. The van der Waals surface area contributed by atoms with Crippen molar-refractivity contribution < 1.29 is 22.3 Å². The summed E-state index contributed by atoms with van der Waals surface area (Å²) in [6, 6.07) is 10.9. The van der Waals surface area contributed by atoms with Crippen LogP contribution in [0.2, 0.25) is 0 Å². The minimum absolute atomic E-state index is 0.0857. The molecular weight excluding hydrogens is 371 g/mol. The second-order valence-electron chi connectivity index (χ2n) is 6.67. The molecule has 2 heterocycles. The van der Waals surface area contributed by atoms with Gasteiger partial charge in [-0.05, 0) is 43.2 Å². The highest BCUT2D eigenvalue weighted by atomic mass is 32.2. The zero-order chi connectivity index (χ0) is 18.9. The number of sulfonamides is 1. The van der Waals surface area contributed by atoms with Crippen molar-refractivity contribution in [2.24, 2.45) is 0 Å². The van der Waals surface area contributed by atoms with Crippen LogP contribution in [0.4, 0.5) is 10.1 Å². The quantitative estimate of drug-likeness (QED) is 0.866. The van der Waals surface area contributed by atoms with E-state index in [-0.39, 0.29) is 22.5 Å². The van der Waals surface area contributed by atoms with Crippen molar-refractivity contribution in [3.8, 4) is 11.5 Å². The first-order valence-corrected chi connectivity index (χ1v) is 10.4. The van der Waals surface area contributed by atoms with Gasteiger partial charge in [0.15, 0.2) is 11.5 Å². The van der Waals surface area contributed by atoms with Crippen molar-refractivity contribution in [3.05, 3.63) is 48.3 Å². The maximum absolute atomic E-state index is 13.5. The van der Waals surface area contributed by atoms with Gasteiger partial charge in [-0.25, -0.2) is 17.5 Å². The minimum atomic E-state index is -3.77. The Labute approximate surface area is 157 Å². The molecule has 1 fully saturated rings. The van der Waals surface area contributed by atoms with Gasteiger partial charge in [-0.1, -0.05) is 12.1 Å². The number of fused-ring (bicyclic) bond motifs is 1. The van der Waals surface area contributed by atoms with E-state index in [0.717, 1.165) is 25.1 Å². The second-order valence-corrected chi connectivity index (χ2v) is 8.35. The summed E-state index contributed by atoms with van der Waals surface area (Å²) in [7, 11) is -3.77. The summed E-state index contributed by atoms with van der Waals surface area (Å²) in [4.78, 5) is 2.09. The molecule has 8 heteroatoms. The number of hydrogen-bond donors (Lipinski definition) is 1. The molecule has 1 N–H and O–H groups in total. The van der Waals surface area contributed by atoms with Crippen molar-refractivity contribution in [2.75, 3.05) is 31.2 Å². The maximum atomic E-state index is 13.5. The van der Waals surface area contributed by atoms with Gasteiger partial charge in [-0.15, -0.1) is 0 Å². The summed E-state index contributed by atoms with van der Waals surface area (Å²) in [5.41, 5.74) is 0.757. The monoisotopic (exact) mass is 392 g/mol. The van der Waals surface area contributed by atoms with Crippen LogP contribution in [0.1, 0.15) is 12.8 Å². The van der Waals surface area contributed by atoms with Gasteiger partial charge in [0.1, 0.15) is 23.9 Å². The number of halogens is 1. The van der Waals surface area contributed by atoms with Crippen LogP contribution >= 0.6 is 0 Å². The van der Waals surface area contributed by atoms with E-state index >= 15 is 0 Å². The molecule has 2 aromatic rings. The molecule has 4 rings (SSSR count). The van der Waals surface area contributed by atoms with Crippen LogP contribution in [-0.2, 0) is 10.0 Å². The van der Waals surface area contributed by atoms with Crippen LogP contribution < -0.4 is 19.1 Å². The van der Waals surface area contributed by atoms with E-state index < -0.39 is 10.0 Å². The van der Waals surface area contributed by atoms with Crippen LogP contribution in [0.15, 0.2) is 47.4 Å². The largest absolute Gasteiger partial charge is 0.486 e. The molecule has 1 atom stereocenters. The molecule has 2 aliphatic heterocycles. The molecule has 2 aromatic carbocycles. The lowest BCUT2D eigenvalue weighted by molar-refractivity contribution is 0.167. The van der Waals surface area contributed by atoms with Crippen molar-refractivity contribution in [1.82, 2.24) is 4.72 Å². The number of nitrogens with one attached hydrogen (secondary N) is 1. The molecular formula is C19H21FN2O4S. The Morgan fingerprint density at radius 2 is 1.93 bits per heavy atom. The predicted octanol–water partition coefficient (Wildman–Crippen LogP) is 2.54. The zero-order valence-corrected chi connectivity index (χ0v) is 15.5. The molecule has 0 aromatic heterocycles. The highest BCUT2D eigenvalue weighted by molar-refractivity contribution is 7.89. The Morgan fingerprint density at radius 3 is 2.78 bits per heavy atom. The second kappa shape index (κ2) is 7.36. The predicted molar refractivity (Wildman–Crippen MR) is 99.4 cm³/mol. The summed E-state index contributed by atoms with van der Waals surface area (Å²) < 4.78 is 53.2. The Hall–Kier alpha value is -2.32. The SMILES string of the molecule is O=S(=O)(N[C@@H]1CCCN(c2cccc(F)c2)C1)c1cccc2c1OCCO2. The molecule has 0 radical (unpaired) electrons. The van der Waals surface area contributed by atoms with Crippen molar-refractivity contribution in [1.29, 1.82) is 0 Å². The number of benzene rings is 2. The number of piperidine rings is 1. The first-order chi connectivity index (χ1) is 13.0. The third-order valence-corrected chi connectivity index (χ3v) is 6.28. The molecule has 2 aliphatic rings. The first-order valence-electron chi connectivity index (χ1n) is 8.94. The maximum Gasteiger partial charge on any atom is 0.244 e. The lowest BCUT2D eigenvalue weighted by atomic mass is 10.1. The molecule has 144 valence electrons. The van der Waals surface area contributed by atoms with Crippen LogP contribution in [0.5, 0.6) is 11.5 Å². The Bertz CT molecular complexity index is 935. The Kier molecular flexibility index (Phi) is 4.92. The molecule has 0 aliphatic carbocycles. The normalized spacial score (nSPS) is 19.7. The molecule has 0 amide bonds. The number of ether oxygens (including phenoxy) is 2. The molecule has 0 spiro atoms. The van der Waals surface area contributed by atoms with Crippen molar-refractivity contribution >= 4 is 15.7 Å². The number of anilines is 1. The van der Waals surface area contributed by atoms with Gasteiger partial charge < -0.3 is 14.4 Å². The van der Waals surface area contributed by atoms with E-state index in [1.54, 1.807) is 18.2 Å². The third kappa shape index (κ3) is 3.86. The van der Waals surface area contributed by atoms with Crippen LogP contribution in [0.25, 0.3) is 0 Å². The van der Waals surface area contributed by atoms with E-state index in [1.165, 1.54) is 18.2 Å². The van der Waals surface area contributed by atoms with Crippen molar-refractivity contribution in [2.45, 2.75) is 23.8 Å². The Balaban J connectivity index is 1.53. The van der Waals surface area contributed by atoms with Gasteiger partial charge in [-0.3, -0.25) is 0 Å². The van der Waals surface area contributed by atoms with Gasteiger partial charge in [0, 0.05) is 24.8 Å². The molecule has 0 unspecified atom stereocenters. The lowest BCUT2D eigenvalue weighted by Gasteiger charge is -2.34. The Morgan fingerprint density at radius 1 is 1.11 bits per heavy atom. The summed E-state index contributed by atoms with van der Waals surface area (Å²) in [5, 5.41) is 0. The number of nitrogens with zero attached hydrogens (tertiary/aromatic N) is 1. The van der Waals surface area contributed by atoms with Gasteiger partial charge in [-0.2, -0.15) is 0 Å². The van der Waals surface area contributed by atoms with E-state index in [4.69, 9.17) is 9.47 Å². The van der Waals surface area contributed by atoms with Gasteiger partial charge >= 0.3 is 0 Å². The fourth-order valence-corrected chi connectivity index (χ4v) is 4.94. The number of hydrogen-bond acceptors (Lipinski definition) is 5. The van der Waals surface area contributed by atoms with E-state index in [0.29, 0.717) is 25.5 Å². The van der Waals surface area contributed by atoms with Crippen LogP contribution in [0.3, 0.4) is 0 Å². The molecule has 1 saturated heterocycles.